The van der Waals surface area contributed by atoms with Crippen molar-refractivity contribution >= 4 is 11.8 Å². The van der Waals surface area contributed by atoms with Crippen LogP contribution in [0.3, 0.4) is 0 Å². The molecule has 2 aliphatic rings. The van der Waals surface area contributed by atoms with E-state index < -0.39 is 6.04 Å². The summed E-state index contributed by atoms with van der Waals surface area (Å²) in [7, 11) is 1.88. The Morgan fingerprint density at radius 3 is 3.06 bits per heavy atom. The van der Waals surface area contributed by atoms with Crippen LogP contribution < -0.4 is 5.32 Å². The molecule has 6 nitrogen and oxygen atoms in total. The first-order valence-electron chi connectivity index (χ1n) is 6.23. The van der Waals surface area contributed by atoms with E-state index in [1.54, 1.807) is 11.2 Å². The van der Waals surface area contributed by atoms with Crippen LogP contribution in [-0.2, 0) is 23.1 Å². The van der Waals surface area contributed by atoms with E-state index in [-0.39, 0.29) is 17.9 Å². The molecule has 0 aliphatic carbocycles. The lowest BCUT2D eigenvalue weighted by molar-refractivity contribution is -0.147. The van der Waals surface area contributed by atoms with Crippen molar-refractivity contribution in [2.45, 2.75) is 31.3 Å². The van der Waals surface area contributed by atoms with E-state index in [2.05, 4.69) is 10.3 Å². The van der Waals surface area contributed by atoms with Crippen LogP contribution in [0.2, 0.25) is 0 Å². The van der Waals surface area contributed by atoms with Gasteiger partial charge in [-0.2, -0.15) is 0 Å². The average Bonchev–Trinajstić information content (AvgIpc) is 2.95. The van der Waals surface area contributed by atoms with Crippen LogP contribution in [0, 0.1) is 0 Å². The van der Waals surface area contributed by atoms with Crippen molar-refractivity contribution in [3.63, 3.8) is 0 Å². The lowest BCUT2D eigenvalue weighted by atomic mass is 10.0. The number of imidazole rings is 1. The largest absolute Gasteiger partial charge is 0.342 e. The summed E-state index contributed by atoms with van der Waals surface area (Å²) < 4.78 is 1.84. The van der Waals surface area contributed by atoms with Gasteiger partial charge in [-0.3, -0.25) is 9.59 Å². The fraction of sp³-hybridized carbons (Fsp3) is 0.583. The van der Waals surface area contributed by atoms with E-state index >= 15 is 0 Å². The van der Waals surface area contributed by atoms with Gasteiger partial charge in [0, 0.05) is 26.2 Å². The number of fused-ring (bicyclic) bond motifs is 1. The van der Waals surface area contributed by atoms with E-state index in [0.717, 1.165) is 18.5 Å². The Morgan fingerprint density at radius 2 is 2.33 bits per heavy atom. The molecule has 1 aromatic heterocycles. The van der Waals surface area contributed by atoms with Crippen molar-refractivity contribution < 1.29 is 9.59 Å². The maximum atomic E-state index is 12.2. The van der Waals surface area contributed by atoms with Gasteiger partial charge in [0.15, 0.2) is 0 Å². The number of hydrogen-bond donors (Lipinski definition) is 1. The zero-order valence-electron chi connectivity index (χ0n) is 10.3. The summed E-state index contributed by atoms with van der Waals surface area (Å²) in [5.41, 5.74) is 0.828. The Labute approximate surface area is 105 Å². The molecule has 96 valence electrons. The van der Waals surface area contributed by atoms with Crippen LogP contribution in [0.25, 0.3) is 0 Å². The SMILES string of the molecule is Cn1cnc(CC2NC(=O)C3CCCN3C2=O)c1. The summed E-state index contributed by atoms with van der Waals surface area (Å²) in [5.74, 6) is 0.00999. The minimum absolute atomic E-state index is 0.0203. The quantitative estimate of drug-likeness (QED) is 0.763. The van der Waals surface area contributed by atoms with Gasteiger partial charge in [-0.05, 0) is 12.8 Å². The summed E-state index contributed by atoms with van der Waals surface area (Å²) in [5, 5.41) is 2.82. The molecule has 3 heterocycles. The highest BCUT2D eigenvalue weighted by molar-refractivity contribution is 5.97. The fourth-order valence-electron chi connectivity index (χ4n) is 2.75. The van der Waals surface area contributed by atoms with Gasteiger partial charge >= 0.3 is 0 Å². The number of amides is 2. The van der Waals surface area contributed by atoms with Gasteiger partial charge < -0.3 is 14.8 Å². The molecule has 1 aromatic rings. The van der Waals surface area contributed by atoms with Gasteiger partial charge in [0.25, 0.3) is 0 Å². The van der Waals surface area contributed by atoms with E-state index in [9.17, 15) is 9.59 Å². The van der Waals surface area contributed by atoms with Gasteiger partial charge in [-0.25, -0.2) is 4.98 Å². The van der Waals surface area contributed by atoms with Crippen molar-refractivity contribution in [1.29, 1.82) is 0 Å². The highest BCUT2D eigenvalue weighted by Crippen LogP contribution is 2.22. The second-order valence-corrected chi connectivity index (χ2v) is 4.99. The Kier molecular flexibility index (Phi) is 2.57. The van der Waals surface area contributed by atoms with Gasteiger partial charge in [-0.15, -0.1) is 0 Å². The first-order valence-corrected chi connectivity index (χ1v) is 6.23. The van der Waals surface area contributed by atoms with Crippen molar-refractivity contribution in [1.82, 2.24) is 19.8 Å². The minimum Gasteiger partial charge on any atom is -0.342 e. The molecule has 2 atom stereocenters. The number of carbonyl (C=O) groups is 2. The lowest BCUT2D eigenvalue weighted by Crippen LogP contribution is -2.61. The summed E-state index contributed by atoms with van der Waals surface area (Å²) in [6.45, 7) is 0.704. The number of aromatic nitrogens is 2. The highest BCUT2D eigenvalue weighted by Gasteiger charge is 2.42. The summed E-state index contributed by atoms with van der Waals surface area (Å²) >= 11 is 0. The zero-order valence-corrected chi connectivity index (χ0v) is 10.3. The molecule has 3 rings (SSSR count). The third kappa shape index (κ3) is 1.77. The van der Waals surface area contributed by atoms with Crippen molar-refractivity contribution in [3.05, 3.63) is 18.2 Å². The predicted octanol–water partition coefficient (Wildman–Crippen LogP) is -0.548. The number of carbonyl (C=O) groups excluding carboxylic acids is 2. The molecule has 2 aliphatic heterocycles. The summed E-state index contributed by atoms with van der Waals surface area (Å²) in [4.78, 5) is 30.0. The second-order valence-electron chi connectivity index (χ2n) is 4.99. The zero-order chi connectivity index (χ0) is 12.7. The van der Waals surface area contributed by atoms with Crippen LogP contribution >= 0.6 is 0 Å². The highest BCUT2D eigenvalue weighted by atomic mass is 16.2. The molecule has 2 fully saturated rings. The Morgan fingerprint density at radius 1 is 1.50 bits per heavy atom. The van der Waals surface area contributed by atoms with E-state index in [0.29, 0.717) is 13.0 Å². The number of hydrogen-bond acceptors (Lipinski definition) is 3. The Balaban J connectivity index is 1.76. The third-order valence-electron chi connectivity index (χ3n) is 3.62. The van der Waals surface area contributed by atoms with E-state index in [4.69, 9.17) is 0 Å². The topological polar surface area (TPSA) is 67.2 Å². The molecule has 0 saturated carbocycles. The average molecular weight is 248 g/mol. The fourth-order valence-corrected chi connectivity index (χ4v) is 2.75. The number of rotatable bonds is 2. The lowest BCUT2D eigenvalue weighted by Gasteiger charge is -2.34. The van der Waals surface area contributed by atoms with Crippen molar-refractivity contribution in [2.75, 3.05) is 6.54 Å². The minimum atomic E-state index is -0.457. The molecule has 0 spiro atoms. The molecule has 0 aromatic carbocycles. The molecule has 18 heavy (non-hydrogen) atoms. The third-order valence-corrected chi connectivity index (χ3v) is 3.62. The summed E-state index contributed by atoms with van der Waals surface area (Å²) in [6.07, 6.45) is 5.74. The molecular weight excluding hydrogens is 232 g/mol. The summed E-state index contributed by atoms with van der Waals surface area (Å²) in [6, 6.07) is -0.695. The molecule has 2 saturated heterocycles. The van der Waals surface area contributed by atoms with Crippen LogP contribution in [0.5, 0.6) is 0 Å². The molecule has 6 heteroatoms. The van der Waals surface area contributed by atoms with Crippen molar-refractivity contribution in [2.24, 2.45) is 7.05 Å². The maximum Gasteiger partial charge on any atom is 0.246 e. The predicted molar refractivity (Wildman–Crippen MR) is 63.6 cm³/mol. The van der Waals surface area contributed by atoms with Gasteiger partial charge in [-0.1, -0.05) is 0 Å². The van der Waals surface area contributed by atoms with E-state index in [1.165, 1.54) is 0 Å². The second kappa shape index (κ2) is 4.12. The first-order chi connectivity index (χ1) is 8.65. The monoisotopic (exact) mass is 248 g/mol. The van der Waals surface area contributed by atoms with Gasteiger partial charge in [0.05, 0.1) is 12.0 Å². The molecule has 0 radical (unpaired) electrons. The molecular formula is C12H16N4O2. The van der Waals surface area contributed by atoms with Crippen LogP contribution in [0.15, 0.2) is 12.5 Å². The number of piperazine rings is 1. The first kappa shape index (κ1) is 11.3. The maximum absolute atomic E-state index is 12.2. The van der Waals surface area contributed by atoms with Crippen LogP contribution in [0.1, 0.15) is 18.5 Å². The standard InChI is InChI=1S/C12H16N4O2/c1-15-6-8(13-7-15)5-9-12(18)16-4-2-3-10(16)11(17)14-9/h6-7,9-10H,2-5H2,1H3,(H,14,17). The van der Waals surface area contributed by atoms with Crippen LogP contribution in [-0.4, -0.2) is 44.9 Å². The molecule has 2 amide bonds. The van der Waals surface area contributed by atoms with Gasteiger partial charge in [0.1, 0.15) is 12.1 Å². The smallest absolute Gasteiger partial charge is 0.246 e. The number of nitrogens with one attached hydrogen (secondary N) is 1. The molecule has 0 bridgehead atoms. The normalized spacial score (nSPS) is 27.3. The molecule has 1 N–H and O–H groups in total. The van der Waals surface area contributed by atoms with E-state index in [1.807, 2.05) is 17.8 Å². The van der Waals surface area contributed by atoms with Crippen LogP contribution in [0.4, 0.5) is 0 Å². The van der Waals surface area contributed by atoms with Crippen molar-refractivity contribution in [3.8, 4) is 0 Å². The number of aryl methyl sites for hydroxylation is 1. The van der Waals surface area contributed by atoms with Gasteiger partial charge in [0.2, 0.25) is 11.8 Å². The Bertz CT molecular complexity index is 496. The number of nitrogens with zero attached hydrogens (tertiary/aromatic N) is 3. The Hall–Kier alpha value is -1.85. The molecule has 2 unspecified atom stereocenters.